The van der Waals surface area contributed by atoms with Crippen molar-refractivity contribution < 1.29 is 14.3 Å². The van der Waals surface area contributed by atoms with E-state index in [1.54, 1.807) is 32.4 Å². The summed E-state index contributed by atoms with van der Waals surface area (Å²) in [5.74, 6) is -0.00247. The second-order valence-electron chi connectivity index (χ2n) is 5.08. The molecule has 2 atom stereocenters. The van der Waals surface area contributed by atoms with Crippen molar-refractivity contribution in [3.8, 4) is 0 Å². The van der Waals surface area contributed by atoms with Gasteiger partial charge in [0.05, 0.1) is 22.3 Å². The summed E-state index contributed by atoms with van der Waals surface area (Å²) in [6, 6.07) is 5.11. The number of halogens is 2. The first-order valence-corrected chi connectivity index (χ1v) is 7.57. The number of ketones is 1. The molecule has 1 aromatic carbocycles. The lowest BCUT2D eigenvalue weighted by atomic mass is 10.1. The fraction of sp³-hybridized carbons (Fsp3) is 0.533. The standard InChI is InChI=1S/C15H19Cl2NO3/c1-20-13-8-18(9-14(13)21-2)7-6-12(19)10-4-3-5-11(16)15(10)17/h3-5,13-14H,6-9H2,1-2H3. The summed E-state index contributed by atoms with van der Waals surface area (Å²) < 4.78 is 10.8. The van der Waals surface area contributed by atoms with Crippen LogP contribution in [0.5, 0.6) is 0 Å². The summed E-state index contributed by atoms with van der Waals surface area (Å²) >= 11 is 12.0. The van der Waals surface area contributed by atoms with Crippen molar-refractivity contribution in [1.29, 1.82) is 0 Å². The Hall–Kier alpha value is -0.650. The van der Waals surface area contributed by atoms with Gasteiger partial charge in [0.1, 0.15) is 0 Å². The summed E-state index contributed by atoms with van der Waals surface area (Å²) in [7, 11) is 3.36. The molecule has 0 radical (unpaired) electrons. The van der Waals surface area contributed by atoms with Crippen LogP contribution in [-0.2, 0) is 9.47 Å². The van der Waals surface area contributed by atoms with E-state index in [2.05, 4.69) is 4.90 Å². The topological polar surface area (TPSA) is 38.8 Å². The SMILES string of the molecule is COC1CN(CCC(=O)c2cccc(Cl)c2Cl)CC1OC. The molecule has 0 amide bonds. The van der Waals surface area contributed by atoms with Gasteiger partial charge in [-0.05, 0) is 12.1 Å². The van der Waals surface area contributed by atoms with Gasteiger partial charge in [-0.1, -0.05) is 29.3 Å². The number of rotatable bonds is 6. The molecule has 1 aromatic rings. The van der Waals surface area contributed by atoms with Crippen LogP contribution >= 0.6 is 23.2 Å². The zero-order valence-electron chi connectivity index (χ0n) is 12.1. The zero-order valence-corrected chi connectivity index (χ0v) is 13.7. The summed E-state index contributed by atoms with van der Waals surface area (Å²) in [6.07, 6.45) is 0.507. The average Bonchev–Trinajstić information content (AvgIpc) is 2.90. The second-order valence-corrected chi connectivity index (χ2v) is 5.87. The van der Waals surface area contributed by atoms with Crippen LogP contribution < -0.4 is 0 Å². The first-order chi connectivity index (χ1) is 10.1. The van der Waals surface area contributed by atoms with Crippen molar-refractivity contribution in [3.05, 3.63) is 33.8 Å². The van der Waals surface area contributed by atoms with Crippen LogP contribution in [0.4, 0.5) is 0 Å². The van der Waals surface area contributed by atoms with E-state index in [4.69, 9.17) is 32.7 Å². The molecule has 2 rings (SSSR count). The Morgan fingerprint density at radius 3 is 2.43 bits per heavy atom. The number of methoxy groups -OCH3 is 2. The quantitative estimate of drug-likeness (QED) is 0.751. The van der Waals surface area contributed by atoms with Gasteiger partial charge in [-0.15, -0.1) is 0 Å². The number of hydrogen-bond donors (Lipinski definition) is 0. The lowest BCUT2D eigenvalue weighted by molar-refractivity contribution is -0.00461. The van der Waals surface area contributed by atoms with Crippen LogP contribution in [0.1, 0.15) is 16.8 Å². The Morgan fingerprint density at radius 2 is 1.86 bits per heavy atom. The van der Waals surface area contributed by atoms with Crippen LogP contribution in [0.2, 0.25) is 10.0 Å². The predicted molar refractivity (Wildman–Crippen MR) is 83.4 cm³/mol. The highest BCUT2D eigenvalue weighted by molar-refractivity contribution is 6.43. The molecular formula is C15H19Cl2NO3. The van der Waals surface area contributed by atoms with Gasteiger partial charge in [0.25, 0.3) is 0 Å². The van der Waals surface area contributed by atoms with E-state index in [-0.39, 0.29) is 18.0 Å². The molecule has 2 unspecified atom stereocenters. The van der Waals surface area contributed by atoms with Gasteiger partial charge in [0.2, 0.25) is 0 Å². The van der Waals surface area contributed by atoms with Crippen LogP contribution in [0.25, 0.3) is 0 Å². The van der Waals surface area contributed by atoms with Crippen LogP contribution in [-0.4, -0.2) is 56.7 Å². The van der Waals surface area contributed by atoms with Crippen molar-refractivity contribution in [2.75, 3.05) is 33.9 Å². The van der Waals surface area contributed by atoms with E-state index >= 15 is 0 Å². The zero-order chi connectivity index (χ0) is 15.4. The second kappa shape index (κ2) is 7.56. The lowest BCUT2D eigenvalue weighted by Crippen LogP contribution is -2.27. The molecule has 0 aromatic heterocycles. The normalized spacial score (nSPS) is 22.7. The predicted octanol–water partition coefficient (Wildman–Crippen LogP) is 2.91. The monoisotopic (exact) mass is 331 g/mol. The van der Waals surface area contributed by atoms with Gasteiger partial charge in [0, 0.05) is 45.8 Å². The molecule has 6 heteroatoms. The summed E-state index contributed by atoms with van der Waals surface area (Å²) in [4.78, 5) is 14.4. The maximum absolute atomic E-state index is 12.2. The van der Waals surface area contributed by atoms with Crippen molar-refractivity contribution in [2.24, 2.45) is 0 Å². The molecule has 4 nitrogen and oxygen atoms in total. The van der Waals surface area contributed by atoms with Crippen molar-refractivity contribution in [3.63, 3.8) is 0 Å². The Bertz CT molecular complexity index is 498. The molecule has 116 valence electrons. The highest BCUT2D eigenvalue weighted by Crippen LogP contribution is 2.26. The number of likely N-dealkylation sites (tertiary alicyclic amines) is 1. The minimum absolute atomic E-state index is 0.00247. The van der Waals surface area contributed by atoms with Gasteiger partial charge in [-0.25, -0.2) is 0 Å². The highest BCUT2D eigenvalue weighted by Gasteiger charge is 2.32. The minimum Gasteiger partial charge on any atom is -0.377 e. The van der Waals surface area contributed by atoms with Gasteiger partial charge < -0.3 is 9.47 Å². The molecule has 0 N–H and O–H groups in total. The van der Waals surface area contributed by atoms with Gasteiger partial charge in [-0.2, -0.15) is 0 Å². The van der Waals surface area contributed by atoms with E-state index in [1.807, 2.05) is 0 Å². The molecule has 0 saturated carbocycles. The Labute approximate surface area is 134 Å². The summed E-state index contributed by atoms with van der Waals surface area (Å²) in [5.41, 5.74) is 0.481. The third-order valence-corrected chi connectivity index (χ3v) is 4.62. The number of carbonyl (C=O) groups excluding carboxylic acids is 1. The fourth-order valence-electron chi connectivity index (χ4n) is 2.57. The molecule has 0 spiro atoms. The van der Waals surface area contributed by atoms with Crippen LogP contribution in [0.15, 0.2) is 18.2 Å². The number of hydrogen-bond acceptors (Lipinski definition) is 4. The summed E-state index contributed by atoms with van der Waals surface area (Å²) in [6.45, 7) is 2.19. The minimum atomic E-state index is -0.00247. The van der Waals surface area contributed by atoms with E-state index in [9.17, 15) is 4.79 Å². The van der Waals surface area contributed by atoms with E-state index in [0.717, 1.165) is 13.1 Å². The maximum Gasteiger partial charge on any atom is 0.165 e. The number of nitrogens with zero attached hydrogens (tertiary/aromatic N) is 1. The number of Topliss-reactive ketones (excluding diaryl/α,β-unsaturated/α-hetero) is 1. The third kappa shape index (κ3) is 3.96. The smallest absolute Gasteiger partial charge is 0.165 e. The number of ether oxygens (including phenoxy) is 2. The Kier molecular flexibility index (Phi) is 6.02. The molecular weight excluding hydrogens is 313 g/mol. The van der Waals surface area contributed by atoms with Gasteiger partial charge in [-0.3, -0.25) is 9.69 Å². The highest BCUT2D eigenvalue weighted by atomic mass is 35.5. The van der Waals surface area contributed by atoms with E-state index in [1.165, 1.54) is 0 Å². The lowest BCUT2D eigenvalue weighted by Gasteiger charge is -2.14. The molecule has 0 bridgehead atoms. The van der Waals surface area contributed by atoms with Gasteiger partial charge in [0.15, 0.2) is 5.78 Å². The number of carbonyl (C=O) groups is 1. The number of benzene rings is 1. The largest absolute Gasteiger partial charge is 0.377 e. The van der Waals surface area contributed by atoms with Crippen LogP contribution in [0, 0.1) is 0 Å². The molecule has 21 heavy (non-hydrogen) atoms. The molecule has 1 heterocycles. The average molecular weight is 332 g/mol. The molecule has 1 fully saturated rings. The Morgan fingerprint density at radius 1 is 1.24 bits per heavy atom. The molecule has 1 aliphatic rings. The molecule has 0 aliphatic carbocycles. The van der Waals surface area contributed by atoms with Crippen molar-refractivity contribution in [1.82, 2.24) is 4.90 Å². The van der Waals surface area contributed by atoms with Crippen molar-refractivity contribution in [2.45, 2.75) is 18.6 Å². The first kappa shape index (κ1) is 16.7. The van der Waals surface area contributed by atoms with Crippen molar-refractivity contribution >= 4 is 29.0 Å². The van der Waals surface area contributed by atoms with Gasteiger partial charge >= 0.3 is 0 Å². The molecule has 1 saturated heterocycles. The third-order valence-electron chi connectivity index (χ3n) is 3.80. The van der Waals surface area contributed by atoms with E-state index in [0.29, 0.717) is 28.6 Å². The Balaban J connectivity index is 1.92. The molecule has 1 aliphatic heterocycles. The van der Waals surface area contributed by atoms with Crippen LogP contribution in [0.3, 0.4) is 0 Å². The maximum atomic E-state index is 12.2. The first-order valence-electron chi connectivity index (χ1n) is 6.82. The summed E-state index contributed by atoms with van der Waals surface area (Å²) in [5, 5.41) is 0.734. The van der Waals surface area contributed by atoms with E-state index < -0.39 is 0 Å². The fourth-order valence-corrected chi connectivity index (χ4v) is 2.97.